The maximum atomic E-state index is 11.2. The molecule has 0 spiro atoms. The van der Waals surface area contributed by atoms with Crippen molar-refractivity contribution in [3.8, 4) is 0 Å². The molecule has 1 aromatic heterocycles. The average Bonchev–Trinajstić information content (AvgIpc) is 2.36. The monoisotopic (exact) mass is 227 g/mol. The van der Waals surface area contributed by atoms with Crippen molar-refractivity contribution in [3.05, 3.63) is 47.7 Å². The number of nitrogens with zero attached hydrogens (tertiary/aromatic N) is 1. The first-order valence-electron chi connectivity index (χ1n) is 5.39. The van der Waals surface area contributed by atoms with Crippen LogP contribution in [0.4, 0.5) is 0 Å². The Bertz CT molecular complexity index is 615. The van der Waals surface area contributed by atoms with E-state index in [1.807, 2.05) is 38.1 Å². The second kappa shape index (κ2) is 4.37. The van der Waals surface area contributed by atoms with Crippen LogP contribution in [0.25, 0.3) is 16.5 Å². The van der Waals surface area contributed by atoms with Gasteiger partial charge in [0, 0.05) is 11.6 Å². The number of rotatable bonds is 2. The van der Waals surface area contributed by atoms with Gasteiger partial charge in [-0.2, -0.15) is 0 Å². The number of carboxylic acid groups (broad SMARTS) is 1. The van der Waals surface area contributed by atoms with Crippen molar-refractivity contribution >= 4 is 22.4 Å². The second-order valence-corrected chi connectivity index (χ2v) is 3.87. The third kappa shape index (κ3) is 2.04. The van der Waals surface area contributed by atoms with Crippen LogP contribution in [0.5, 0.6) is 0 Å². The van der Waals surface area contributed by atoms with Crippen LogP contribution in [0.2, 0.25) is 0 Å². The van der Waals surface area contributed by atoms with Crippen molar-refractivity contribution in [2.24, 2.45) is 0 Å². The maximum absolute atomic E-state index is 11.2. The van der Waals surface area contributed by atoms with Crippen molar-refractivity contribution in [2.75, 3.05) is 0 Å². The van der Waals surface area contributed by atoms with E-state index < -0.39 is 5.97 Å². The zero-order chi connectivity index (χ0) is 12.4. The fourth-order valence-electron chi connectivity index (χ4n) is 1.78. The Kier molecular flexibility index (Phi) is 2.91. The van der Waals surface area contributed by atoms with Crippen molar-refractivity contribution < 1.29 is 9.90 Å². The number of pyridine rings is 1. The molecule has 0 aliphatic rings. The molecule has 0 atom stereocenters. The smallest absolute Gasteiger partial charge is 0.336 e. The maximum Gasteiger partial charge on any atom is 0.336 e. The van der Waals surface area contributed by atoms with Crippen LogP contribution < -0.4 is 0 Å². The molecule has 0 radical (unpaired) electrons. The average molecular weight is 227 g/mol. The lowest BCUT2D eigenvalue weighted by Crippen LogP contribution is -2.01. The summed E-state index contributed by atoms with van der Waals surface area (Å²) >= 11 is 0. The van der Waals surface area contributed by atoms with Gasteiger partial charge in [0.05, 0.1) is 11.1 Å². The van der Waals surface area contributed by atoms with Gasteiger partial charge in [-0.3, -0.25) is 4.98 Å². The minimum atomic E-state index is -0.922. The molecule has 2 rings (SSSR count). The third-order valence-electron chi connectivity index (χ3n) is 2.83. The third-order valence-corrected chi connectivity index (χ3v) is 2.83. The molecule has 0 saturated heterocycles. The van der Waals surface area contributed by atoms with E-state index in [2.05, 4.69) is 4.98 Å². The number of benzene rings is 1. The number of hydrogen-bond donors (Lipinski definition) is 1. The highest BCUT2D eigenvalue weighted by atomic mass is 16.4. The fraction of sp³-hybridized carbons (Fsp3) is 0.143. The molecule has 0 fully saturated rings. The van der Waals surface area contributed by atoms with E-state index in [4.69, 9.17) is 0 Å². The highest BCUT2D eigenvalue weighted by Crippen LogP contribution is 2.24. The second-order valence-electron chi connectivity index (χ2n) is 3.87. The van der Waals surface area contributed by atoms with Gasteiger partial charge in [-0.15, -0.1) is 0 Å². The van der Waals surface area contributed by atoms with Crippen molar-refractivity contribution in [3.63, 3.8) is 0 Å². The molecule has 1 N–H and O–H groups in total. The summed E-state index contributed by atoms with van der Waals surface area (Å²) in [6.45, 7) is 3.80. The van der Waals surface area contributed by atoms with Crippen molar-refractivity contribution in [2.45, 2.75) is 13.8 Å². The van der Waals surface area contributed by atoms with Gasteiger partial charge in [0.15, 0.2) is 0 Å². The summed E-state index contributed by atoms with van der Waals surface area (Å²) in [5.41, 5.74) is 2.71. The van der Waals surface area contributed by atoms with Gasteiger partial charge in [0.1, 0.15) is 0 Å². The summed E-state index contributed by atoms with van der Waals surface area (Å²) in [6, 6.07) is 7.28. The number of allylic oxidation sites excluding steroid dienone is 2. The molecule has 1 heterocycles. The predicted octanol–water partition coefficient (Wildman–Crippen LogP) is 3.36. The molecule has 2 aromatic rings. The molecule has 0 aliphatic heterocycles. The summed E-state index contributed by atoms with van der Waals surface area (Å²) in [7, 11) is 0. The van der Waals surface area contributed by atoms with Crippen LogP contribution >= 0.6 is 0 Å². The first kappa shape index (κ1) is 11.3. The zero-order valence-corrected chi connectivity index (χ0v) is 9.77. The topological polar surface area (TPSA) is 50.2 Å². The summed E-state index contributed by atoms with van der Waals surface area (Å²) in [5.74, 6) is -0.922. The molecule has 86 valence electrons. The van der Waals surface area contributed by atoms with E-state index in [0.29, 0.717) is 11.1 Å². The van der Waals surface area contributed by atoms with E-state index in [1.165, 1.54) is 0 Å². The van der Waals surface area contributed by atoms with Crippen molar-refractivity contribution in [1.29, 1.82) is 0 Å². The molecule has 0 saturated carbocycles. The summed E-state index contributed by atoms with van der Waals surface area (Å²) in [6.07, 6.45) is 3.57. The molecule has 1 aromatic carbocycles. The first-order chi connectivity index (χ1) is 8.13. The van der Waals surface area contributed by atoms with Gasteiger partial charge in [0.25, 0.3) is 0 Å². The Labute approximate surface area is 99.4 Å². The molecular formula is C14H13NO2. The Hall–Kier alpha value is -2.16. The number of fused-ring (bicyclic) bond motifs is 1. The highest BCUT2D eigenvalue weighted by Gasteiger charge is 2.12. The molecular weight excluding hydrogens is 214 g/mol. The van der Waals surface area contributed by atoms with Crippen LogP contribution in [0.3, 0.4) is 0 Å². The van der Waals surface area contributed by atoms with Gasteiger partial charge < -0.3 is 5.11 Å². The highest BCUT2D eigenvalue weighted by molar-refractivity contribution is 5.99. The fourth-order valence-corrected chi connectivity index (χ4v) is 1.78. The van der Waals surface area contributed by atoms with Crippen LogP contribution in [0.1, 0.15) is 29.8 Å². The Morgan fingerprint density at radius 1 is 1.35 bits per heavy atom. The molecule has 0 unspecified atom stereocenters. The van der Waals surface area contributed by atoms with Gasteiger partial charge >= 0.3 is 5.97 Å². The lowest BCUT2D eigenvalue weighted by atomic mass is 9.98. The summed E-state index contributed by atoms with van der Waals surface area (Å²) in [5, 5.41) is 10.2. The lowest BCUT2D eigenvalue weighted by Gasteiger charge is -2.08. The minimum absolute atomic E-state index is 0.298. The zero-order valence-electron chi connectivity index (χ0n) is 9.77. The largest absolute Gasteiger partial charge is 0.478 e. The number of carboxylic acids is 1. The van der Waals surface area contributed by atoms with Crippen LogP contribution in [-0.2, 0) is 0 Å². The molecule has 0 aliphatic carbocycles. The van der Waals surface area contributed by atoms with Crippen molar-refractivity contribution in [1.82, 2.24) is 4.98 Å². The van der Waals surface area contributed by atoms with Gasteiger partial charge in [-0.1, -0.05) is 12.1 Å². The first-order valence-corrected chi connectivity index (χ1v) is 5.39. The van der Waals surface area contributed by atoms with E-state index >= 15 is 0 Å². The van der Waals surface area contributed by atoms with E-state index in [1.54, 1.807) is 12.3 Å². The summed E-state index contributed by atoms with van der Waals surface area (Å²) in [4.78, 5) is 15.4. The number of aromatic carboxylic acids is 1. The van der Waals surface area contributed by atoms with Crippen LogP contribution in [0.15, 0.2) is 36.5 Å². The van der Waals surface area contributed by atoms with Gasteiger partial charge in [-0.05, 0) is 43.2 Å². The number of carbonyl (C=O) groups is 1. The molecule has 0 amide bonds. The Morgan fingerprint density at radius 3 is 2.76 bits per heavy atom. The molecule has 3 heteroatoms. The normalized spacial score (nSPS) is 11.8. The molecule has 0 bridgehead atoms. The minimum Gasteiger partial charge on any atom is -0.478 e. The van der Waals surface area contributed by atoms with Gasteiger partial charge in [0.2, 0.25) is 0 Å². The Balaban J connectivity index is 2.80. The van der Waals surface area contributed by atoms with Crippen LogP contribution in [-0.4, -0.2) is 16.1 Å². The summed E-state index contributed by atoms with van der Waals surface area (Å²) < 4.78 is 0. The van der Waals surface area contributed by atoms with E-state index in [0.717, 1.165) is 16.5 Å². The Morgan fingerprint density at radius 2 is 2.12 bits per heavy atom. The number of hydrogen-bond acceptors (Lipinski definition) is 2. The van der Waals surface area contributed by atoms with Gasteiger partial charge in [-0.25, -0.2) is 4.79 Å². The van der Waals surface area contributed by atoms with Crippen LogP contribution in [0, 0.1) is 0 Å². The predicted molar refractivity (Wildman–Crippen MR) is 68.0 cm³/mol. The quantitative estimate of drug-likeness (QED) is 0.855. The SMILES string of the molecule is C/C=C(\C)c1cc2cccnc2cc1C(=O)O. The molecule has 17 heavy (non-hydrogen) atoms. The lowest BCUT2D eigenvalue weighted by molar-refractivity contribution is 0.0696. The standard InChI is InChI=1S/C14H13NO2/c1-3-9(2)11-7-10-5-4-6-15-13(10)8-12(11)14(16)17/h3-8H,1-2H3,(H,16,17)/b9-3+. The number of aromatic nitrogens is 1. The van der Waals surface area contributed by atoms with E-state index in [-0.39, 0.29) is 0 Å². The molecule has 3 nitrogen and oxygen atoms in total. The van der Waals surface area contributed by atoms with E-state index in [9.17, 15) is 9.90 Å².